The van der Waals surface area contributed by atoms with Gasteiger partial charge < -0.3 is 10.1 Å². The Morgan fingerprint density at radius 1 is 1.26 bits per heavy atom. The van der Waals surface area contributed by atoms with Gasteiger partial charge in [-0.3, -0.25) is 9.10 Å². The SMILES string of the molecule is COc1cccc(N(CCCC(=O)Nc2ccc(F)c(Cl)c2)S(C)(=O)=O)c1. The number of sulfonamides is 1. The predicted octanol–water partition coefficient (Wildman–Crippen LogP) is 3.67. The Bertz CT molecular complexity index is 921. The maximum absolute atomic E-state index is 13.1. The molecule has 9 heteroatoms. The second-order valence-corrected chi connectivity index (χ2v) is 8.13. The number of nitrogens with one attached hydrogen (secondary N) is 1. The fourth-order valence-corrected chi connectivity index (χ4v) is 3.57. The zero-order valence-corrected chi connectivity index (χ0v) is 16.5. The predicted molar refractivity (Wildman–Crippen MR) is 104 cm³/mol. The number of hydrogen-bond donors (Lipinski definition) is 1. The molecule has 0 heterocycles. The molecule has 0 aromatic heterocycles. The van der Waals surface area contributed by atoms with E-state index in [1.807, 2.05) is 0 Å². The molecule has 0 radical (unpaired) electrons. The first-order chi connectivity index (χ1) is 12.7. The molecule has 0 saturated heterocycles. The van der Waals surface area contributed by atoms with Crippen LogP contribution < -0.4 is 14.4 Å². The van der Waals surface area contributed by atoms with Crippen LogP contribution >= 0.6 is 11.6 Å². The average molecular weight is 415 g/mol. The monoisotopic (exact) mass is 414 g/mol. The molecule has 0 aliphatic heterocycles. The summed E-state index contributed by atoms with van der Waals surface area (Å²) in [7, 11) is -2.03. The second kappa shape index (κ2) is 9.05. The number of rotatable bonds is 8. The van der Waals surface area contributed by atoms with Crippen LogP contribution in [0.15, 0.2) is 42.5 Å². The third-order valence-corrected chi connectivity index (χ3v) is 5.19. The van der Waals surface area contributed by atoms with Gasteiger partial charge in [0, 0.05) is 24.7 Å². The minimum Gasteiger partial charge on any atom is -0.497 e. The standard InChI is InChI=1S/C18H20ClFN2O4S/c1-26-15-6-3-5-14(12-15)22(27(2,24)25)10-4-7-18(23)21-13-8-9-17(20)16(19)11-13/h3,5-6,8-9,11-12H,4,7,10H2,1-2H3,(H,21,23). The Labute approximate surface area is 162 Å². The Morgan fingerprint density at radius 2 is 2.00 bits per heavy atom. The number of nitrogens with zero attached hydrogens (tertiary/aromatic N) is 1. The van der Waals surface area contributed by atoms with Crippen molar-refractivity contribution in [2.24, 2.45) is 0 Å². The number of benzene rings is 2. The molecule has 0 unspecified atom stereocenters. The van der Waals surface area contributed by atoms with Gasteiger partial charge in [0.1, 0.15) is 11.6 Å². The van der Waals surface area contributed by atoms with Crippen LogP contribution in [0.3, 0.4) is 0 Å². The smallest absolute Gasteiger partial charge is 0.232 e. The van der Waals surface area contributed by atoms with Gasteiger partial charge in [-0.15, -0.1) is 0 Å². The van der Waals surface area contributed by atoms with Crippen molar-refractivity contribution >= 4 is 38.9 Å². The normalized spacial score (nSPS) is 11.1. The van der Waals surface area contributed by atoms with Crippen molar-refractivity contribution in [3.05, 3.63) is 53.3 Å². The van der Waals surface area contributed by atoms with Crippen LogP contribution in [-0.4, -0.2) is 34.2 Å². The van der Waals surface area contributed by atoms with E-state index < -0.39 is 15.8 Å². The molecule has 6 nitrogen and oxygen atoms in total. The van der Waals surface area contributed by atoms with Gasteiger partial charge in [0.2, 0.25) is 15.9 Å². The molecule has 27 heavy (non-hydrogen) atoms. The highest BCUT2D eigenvalue weighted by molar-refractivity contribution is 7.92. The molecular formula is C18H20ClFN2O4S. The molecule has 0 fully saturated rings. The second-order valence-electron chi connectivity index (χ2n) is 5.82. The van der Waals surface area contributed by atoms with Crippen molar-refractivity contribution in [3.63, 3.8) is 0 Å². The Balaban J connectivity index is 1.98. The summed E-state index contributed by atoms with van der Waals surface area (Å²) >= 11 is 5.68. The van der Waals surface area contributed by atoms with Crippen molar-refractivity contribution < 1.29 is 22.3 Å². The van der Waals surface area contributed by atoms with E-state index in [0.717, 1.165) is 12.3 Å². The van der Waals surface area contributed by atoms with E-state index in [2.05, 4.69) is 5.32 Å². The molecule has 0 aliphatic rings. The third kappa shape index (κ3) is 6.11. The van der Waals surface area contributed by atoms with Crippen LogP contribution in [-0.2, 0) is 14.8 Å². The molecule has 0 atom stereocenters. The molecule has 0 spiro atoms. The Morgan fingerprint density at radius 3 is 2.63 bits per heavy atom. The molecule has 146 valence electrons. The zero-order valence-electron chi connectivity index (χ0n) is 14.9. The molecule has 1 amide bonds. The zero-order chi connectivity index (χ0) is 20.0. The lowest BCUT2D eigenvalue weighted by Gasteiger charge is -2.22. The molecule has 2 aromatic rings. The summed E-state index contributed by atoms with van der Waals surface area (Å²) in [5, 5.41) is 2.51. The quantitative estimate of drug-likeness (QED) is 0.715. The van der Waals surface area contributed by atoms with Gasteiger partial charge in [-0.2, -0.15) is 0 Å². The number of carbonyl (C=O) groups excluding carboxylic acids is 1. The average Bonchev–Trinajstić information content (AvgIpc) is 2.61. The van der Waals surface area contributed by atoms with Crippen LogP contribution in [0, 0.1) is 5.82 Å². The minimum atomic E-state index is -3.52. The van der Waals surface area contributed by atoms with Crippen LogP contribution in [0.5, 0.6) is 5.75 Å². The molecule has 2 rings (SSSR count). The summed E-state index contributed by atoms with van der Waals surface area (Å²) in [6.07, 6.45) is 1.49. The number of amides is 1. The van der Waals surface area contributed by atoms with Crippen molar-refractivity contribution in [3.8, 4) is 5.75 Å². The van der Waals surface area contributed by atoms with Crippen LogP contribution in [0.25, 0.3) is 0 Å². The maximum Gasteiger partial charge on any atom is 0.232 e. The topological polar surface area (TPSA) is 75.7 Å². The van der Waals surface area contributed by atoms with Crippen LogP contribution in [0.1, 0.15) is 12.8 Å². The van der Waals surface area contributed by atoms with Gasteiger partial charge in [0.25, 0.3) is 0 Å². The van der Waals surface area contributed by atoms with Gasteiger partial charge in [-0.1, -0.05) is 17.7 Å². The fourth-order valence-electron chi connectivity index (χ4n) is 2.43. The summed E-state index contributed by atoms with van der Waals surface area (Å²) in [6.45, 7) is 0.129. The van der Waals surface area contributed by atoms with Crippen LogP contribution in [0.2, 0.25) is 5.02 Å². The van der Waals surface area contributed by atoms with Crippen molar-refractivity contribution in [1.29, 1.82) is 0 Å². The van der Waals surface area contributed by atoms with Crippen molar-refractivity contribution in [2.45, 2.75) is 12.8 Å². The van der Waals surface area contributed by atoms with Gasteiger partial charge >= 0.3 is 0 Å². The van der Waals surface area contributed by atoms with Gasteiger partial charge in [-0.05, 0) is 36.8 Å². The van der Waals surface area contributed by atoms with Gasteiger partial charge in [-0.25, -0.2) is 12.8 Å². The molecule has 2 aromatic carbocycles. The number of methoxy groups -OCH3 is 1. The summed E-state index contributed by atoms with van der Waals surface area (Å²) in [6, 6.07) is 10.5. The van der Waals surface area contributed by atoms with Gasteiger partial charge in [0.05, 0.1) is 24.1 Å². The Kier molecular flexibility index (Phi) is 7.04. The highest BCUT2D eigenvalue weighted by Crippen LogP contribution is 2.24. The third-order valence-electron chi connectivity index (χ3n) is 3.71. The highest BCUT2D eigenvalue weighted by atomic mass is 35.5. The highest BCUT2D eigenvalue weighted by Gasteiger charge is 2.18. The summed E-state index contributed by atoms with van der Waals surface area (Å²) in [5.74, 6) is -0.361. The Hall–Kier alpha value is -2.32. The largest absolute Gasteiger partial charge is 0.497 e. The van der Waals surface area contributed by atoms with E-state index in [0.29, 0.717) is 23.5 Å². The van der Waals surface area contributed by atoms with Gasteiger partial charge in [0.15, 0.2) is 0 Å². The van der Waals surface area contributed by atoms with Crippen molar-refractivity contribution in [2.75, 3.05) is 29.5 Å². The van der Waals surface area contributed by atoms with E-state index in [1.54, 1.807) is 24.3 Å². The van der Waals surface area contributed by atoms with E-state index in [-0.39, 0.29) is 23.9 Å². The molecule has 1 N–H and O–H groups in total. The van der Waals surface area contributed by atoms with E-state index >= 15 is 0 Å². The molecule has 0 saturated carbocycles. The summed E-state index contributed by atoms with van der Waals surface area (Å²) in [5.41, 5.74) is 0.835. The van der Waals surface area contributed by atoms with E-state index in [4.69, 9.17) is 16.3 Å². The van der Waals surface area contributed by atoms with Crippen molar-refractivity contribution in [1.82, 2.24) is 0 Å². The molecule has 0 aliphatic carbocycles. The number of halogens is 2. The first-order valence-electron chi connectivity index (χ1n) is 8.07. The number of anilines is 2. The fraction of sp³-hybridized carbons (Fsp3) is 0.278. The number of hydrogen-bond acceptors (Lipinski definition) is 4. The molecule has 0 bridgehead atoms. The lowest BCUT2D eigenvalue weighted by molar-refractivity contribution is -0.116. The summed E-state index contributed by atoms with van der Waals surface area (Å²) in [4.78, 5) is 12.0. The van der Waals surface area contributed by atoms with Crippen LogP contribution in [0.4, 0.5) is 15.8 Å². The first kappa shape index (κ1) is 21.0. The van der Waals surface area contributed by atoms with E-state index in [1.165, 1.54) is 23.5 Å². The number of carbonyl (C=O) groups is 1. The lowest BCUT2D eigenvalue weighted by atomic mass is 10.2. The lowest BCUT2D eigenvalue weighted by Crippen LogP contribution is -2.31. The molecular weight excluding hydrogens is 395 g/mol. The van der Waals surface area contributed by atoms with E-state index in [9.17, 15) is 17.6 Å². The summed E-state index contributed by atoms with van der Waals surface area (Å²) < 4.78 is 43.7. The first-order valence-corrected chi connectivity index (χ1v) is 10.3. The minimum absolute atomic E-state index is 0.0883. The maximum atomic E-state index is 13.1. The number of ether oxygens (including phenoxy) is 1.